The maximum atomic E-state index is 5.75. The Morgan fingerprint density at radius 2 is 2.28 bits per heavy atom. The van der Waals surface area contributed by atoms with Gasteiger partial charge in [-0.3, -0.25) is 4.68 Å². The molecule has 0 saturated heterocycles. The fourth-order valence-electron chi connectivity index (χ4n) is 2.74. The predicted octanol–water partition coefficient (Wildman–Crippen LogP) is 2.20. The molecule has 2 unspecified atom stereocenters. The quantitative estimate of drug-likeness (QED) is 0.842. The van der Waals surface area contributed by atoms with Crippen molar-refractivity contribution in [2.75, 3.05) is 6.61 Å². The molecule has 0 aliphatic heterocycles. The smallest absolute Gasteiger partial charge is 0.0655 e. The van der Waals surface area contributed by atoms with Crippen molar-refractivity contribution in [1.29, 1.82) is 0 Å². The van der Waals surface area contributed by atoms with Gasteiger partial charge in [0.2, 0.25) is 0 Å². The lowest BCUT2D eigenvalue weighted by Crippen LogP contribution is -2.60. The molecule has 1 fully saturated rings. The number of hydrogen-bond acceptors (Lipinski definition) is 3. The van der Waals surface area contributed by atoms with Gasteiger partial charge in [-0.05, 0) is 26.3 Å². The van der Waals surface area contributed by atoms with Crippen molar-refractivity contribution in [1.82, 2.24) is 15.1 Å². The molecular weight excluding hydrogens is 226 g/mol. The van der Waals surface area contributed by atoms with Crippen molar-refractivity contribution in [2.45, 2.75) is 59.4 Å². The van der Waals surface area contributed by atoms with E-state index in [-0.39, 0.29) is 5.41 Å². The summed E-state index contributed by atoms with van der Waals surface area (Å²) in [6, 6.07) is 2.62. The molecule has 4 heteroatoms. The third kappa shape index (κ3) is 2.45. The number of hydrogen-bond donors (Lipinski definition) is 1. The molecule has 1 aromatic rings. The van der Waals surface area contributed by atoms with Crippen LogP contribution >= 0.6 is 0 Å². The molecule has 102 valence electrons. The van der Waals surface area contributed by atoms with Crippen LogP contribution in [-0.4, -0.2) is 28.5 Å². The highest BCUT2D eigenvalue weighted by atomic mass is 16.5. The van der Waals surface area contributed by atoms with Gasteiger partial charge in [0, 0.05) is 37.4 Å². The number of nitrogens with zero attached hydrogens (tertiary/aromatic N) is 2. The minimum atomic E-state index is 0.229. The van der Waals surface area contributed by atoms with E-state index in [0.717, 1.165) is 26.1 Å². The Bertz CT molecular complexity index is 386. The molecule has 1 saturated carbocycles. The van der Waals surface area contributed by atoms with Crippen LogP contribution in [0.2, 0.25) is 0 Å². The topological polar surface area (TPSA) is 39.1 Å². The van der Waals surface area contributed by atoms with E-state index in [1.807, 2.05) is 10.9 Å². The van der Waals surface area contributed by atoms with Gasteiger partial charge in [0.25, 0.3) is 0 Å². The van der Waals surface area contributed by atoms with Crippen LogP contribution in [0.4, 0.5) is 0 Å². The number of aromatic nitrogens is 2. The van der Waals surface area contributed by atoms with E-state index < -0.39 is 0 Å². The van der Waals surface area contributed by atoms with Crippen molar-refractivity contribution < 1.29 is 4.74 Å². The summed E-state index contributed by atoms with van der Waals surface area (Å²) in [7, 11) is 0. The molecule has 0 spiro atoms. The van der Waals surface area contributed by atoms with Gasteiger partial charge in [-0.2, -0.15) is 5.10 Å². The first-order chi connectivity index (χ1) is 8.59. The normalized spacial score (nSPS) is 26.0. The first kappa shape index (κ1) is 13.6. The van der Waals surface area contributed by atoms with E-state index in [4.69, 9.17) is 4.74 Å². The van der Waals surface area contributed by atoms with Crippen LogP contribution in [0, 0.1) is 5.41 Å². The first-order valence-electron chi connectivity index (χ1n) is 6.95. The van der Waals surface area contributed by atoms with Crippen molar-refractivity contribution in [3.05, 3.63) is 18.0 Å². The first-order valence-corrected chi connectivity index (χ1v) is 6.95. The lowest BCUT2D eigenvalue weighted by molar-refractivity contribution is -0.114. The Kier molecular flexibility index (Phi) is 4.07. The molecule has 2 atom stereocenters. The fourth-order valence-corrected chi connectivity index (χ4v) is 2.74. The molecule has 1 heterocycles. The lowest BCUT2D eigenvalue weighted by atomic mass is 9.64. The van der Waals surface area contributed by atoms with Crippen LogP contribution in [0.3, 0.4) is 0 Å². The number of nitrogens with one attached hydrogen (secondary N) is 1. The lowest BCUT2D eigenvalue weighted by Gasteiger charge is -2.52. The van der Waals surface area contributed by atoms with E-state index in [9.17, 15) is 0 Å². The zero-order chi connectivity index (χ0) is 13.2. The Hall–Kier alpha value is -0.870. The maximum absolute atomic E-state index is 5.75. The van der Waals surface area contributed by atoms with Gasteiger partial charge in [0.15, 0.2) is 0 Å². The minimum Gasteiger partial charge on any atom is -0.378 e. The molecule has 0 amide bonds. The van der Waals surface area contributed by atoms with E-state index >= 15 is 0 Å². The molecule has 1 aromatic heterocycles. The molecule has 2 rings (SSSR count). The summed E-state index contributed by atoms with van der Waals surface area (Å²) in [5, 5.41) is 7.92. The van der Waals surface area contributed by atoms with Crippen LogP contribution < -0.4 is 5.32 Å². The SMILES string of the molecule is CCOC1CC(NCc2ccnn2CC)C1(C)C. The Morgan fingerprint density at radius 3 is 2.89 bits per heavy atom. The highest BCUT2D eigenvalue weighted by Gasteiger charge is 2.48. The summed E-state index contributed by atoms with van der Waals surface area (Å²) >= 11 is 0. The summed E-state index contributed by atoms with van der Waals surface area (Å²) in [4.78, 5) is 0. The second-order valence-electron chi connectivity index (χ2n) is 5.57. The largest absolute Gasteiger partial charge is 0.378 e. The average molecular weight is 251 g/mol. The van der Waals surface area contributed by atoms with Crippen LogP contribution in [0.5, 0.6) is 0 Å². The number of rotatable bonds is 6. The molecule has 18 heavy (non-hydrogen) atoms. The maximum Gasteiger partial charge on any atom is 0.0655 e. The zero-order valence-corrected chi connectivity index (χ0v) is 11.9. The van der Waals surface area contributed by atoms with E-state index in [1.54, 1.807) is 0 Å². The molecule has 1 aliphatic rings. The van der Waals surface area contributed by atoms with Crippen molar-refractivity contribution in [3.8, 4) is 0 Å². The van der Waals surface area contributed by atoms with Crippen LogP contribution in [0.1, 0.15) is 39.8 Å². The molecular formula is C14H25N3O. The third-order valence-corrected chi connectivity index (χ3v) is 4.18. The van der Waals surface area contributed by atoms with Gasteiger partial charge in [0.1, 0.15) is 0 Å². The molecule has 0 radical (unpaired) electrons. The second kappa shape index (κ2) is 5.41. The Balaban J connectivity index is 1.85. The predicted molar refractivity (Wildman–Crippen MR) is 72.3 cm³/mol. The van der Waals surface area contributed by atoms with Crippen molar-refractivity contribution >= 4 is 0 Å². The monoisotopic (exact) mass is 251 g/mol. The highest BCUT2D eigenvalue weighted by Crippen LogP contribution is 2.42. The summed E-state index contributed by atoms with van der Waals surface area (Å²) < 4.78 is 7.79. The van der Waals surface area contributed by atoms with E-state index in [2.05, 4.69) is 44.2 Å². The third-order valence-electron chi connectivity index (χ3n) is 4.18. The standard InChI is InChI=1S/C14H25N3O/c1-5-17-11(7-8-16-17)10-15-12-9-13(18-6-2)14(12,3)4/h7-8,12-13,15H,5-6,9-10H2,1-4H3. The van der Waals surface area contributed by atoms with Gasteiger partial charge < -0.3 is 10.1 Å². The van der Waals surface area contributed by atoms with Crippen molar-refractivity contribution in [2.24, 2.45) is 5.41 Å². The highest BCUT2D eigenvalue weighted by molar-refractivity contribution is 5.06. The van der Waals surface area contributed by atoms with Gasteiger partial charge in [0.05, 0.1) is 11.8 Å². The molecule has 0 aromatic carbocycles. The van der Waals surface area contributed by atoms with Gasteiger partial charge in [-0.15, -0.1) is 0 Å². The second-order valence-corrected chi connectivity index (χ2v) is 5.57. The summed E-state index contributed by atoms with van der Waals surface area (Å²) in [5.74, 6) is 0. The summed E-state index contributed by atoms with van der Waals surface area (Å²) in [6.45, 7) is 11.4. The molecule has 0 bridgehead atoms. The molecule has 1 N–H and O–H groups in total. The Morgan fingerprint density at radius 1 is 1.50 bits per heavy atom. The van der Waals surface area contributed by atoms with Crippen molar-refractivity contribution in [3.63, 3.8) is 0 Å². The van der Waals surface area contributed by atoms with Gasteiger partial charge in [-0.25, -0.2) is 0 Å². The minimum absolute atomic E-state index is 0.229. The zero-order valence-electron chi connectivity index (χ0n) is 11.9. The van der Waals surface area contributed by atoms with E-state index in [0.29, 0.717) is 12.1 Å². The summed E-state index contributed by atoms with van der Waals surface area (Å²) in [5.41, 5.74) is 1.49. The number of ether oxygens (including phenoxy) is 1. The van der Waals surface area contributed by atoms with Crippen LogP contribution in [0.15, 0.2) is 12.3 Å². The van der Waals surface area contributed by atoms with Gasteiger partial charge >= 0.3 is 0 Å². The summed E-state index contributed by atoms with van der Waals surface area (Å²) in [6.07, 6.45) is 3.38. The van der Waals surface area contributed by atoms with Crippen LogP contribution in [0.25, 0.3) is 0 Å². The fraction of sp³-hybridized carbons (Fsp3) is 0.786. The Labute approximate surface area is 110 Å². The average Bonchev–Trinajstić information content (AvgIpc) is 2.80. The van der Waals surface area contributed by atoms with Crippen LogP contribution in [-0.2, 0) is 17.8 Å². The molecule has 1 aliphatic carbocycles. The number of aryl methyl sites for hydroxylation is 1. The van der Waals surface area contributed by atoms with Gasteiger partial charge in [-0.1, -0.05) is 13.8 Å². The van der Waals surface area contributed by atoms with E-state index in [1.165, 1.54) is 5.69 Å². The molecule has 4 nitrogen and oxygen atoms in total.